The van der Waals surface area contributed by atoms with Crippen molar-refractivity contribution in [3.8, 4) is 5.69 Å². The van der Waals surface area contributed by atoms with Crippen molar-refractivity contribution in [3.05, 3.63) is 83.2 Å². The van der Waals surface area contributed by atoms with Crippen molar-refractivity contribution >= 4 is 17.3 Å². The molecule has 0 spiro atoms. The van der Waals surface area contributed by atoms with Crippen LogP contribution in [-0.4, -0.2) is 26.1 Å². The Hall–Kier alpha value is -2.73. The van der Waals surface area contributed by atoms with Gasteiger partial charge < -0.3 is 14.8 Å². The number of pyridine rings is 1. The predicted octanol–water partition coefficient (Wildman–Crippen LogP) is 5.26. The highest BCUT2D eigenvalue weighted by Gasteiger charge is 2.41. The van der Waals surface area contributed by atoms with Gasteiger partial charge >= 0.3 is 0 Å². The van der Waals surface area contributed by atoms with Crippen LogP contribution in [0.3, 0.4) is 0 Å². The molecule has 3 heterocycles. The second kappa shape index (κ2) is 8.19. The second-order valence-corrected chi connectivity index (χ2v) is 8.70. The first kappa shape index (κ1) is 20.5. The van der Waals surface area contributed by atoms with Gasteiger partial charge in [-0.25, -0.2) is 4.39 Å². The Morgan fingerprint density at radius 3 is 2.50 bits per heavy atom. The number of aryl methyl sites for hydroxylation is 1. The quantitative estimate of drug-likeness (QED) is 0.569. The van der Waals surface area contributed by atoms with E-state index in [1.807, 2.05) is 36.5 Å². The minimum Gasteiger partial charge on any atom is -0.352 e. The van der Waals surface area contributed by atoms with Crippen molar-refractivity contribution in [1.82, 2.24) is 19.8 Å². The van der Waals surface area contributed by atoms with Crippen LogP contribution in [0, 0.1) is 25.6 Å². The molecule has 1 aliphatic heterocycles. The molecule has 4 nitrogen and oxygen atoms in total. The molecule has 0 aliphatic carbocycles. The molecule has 1 N–H and O–H groups in total. The zero-order valence-corrected chi connectivity index (χ0v) is 18.6. The van der Waals surface area contributed by atoms with Crippen molar-refractivity contribution in [2.45, 2.75) is 39.8 Å². The van der Waals surface area contributed by atoms with Gasteiger partial charge in [0.1, 0.15) is 5.82 Å². The average molecular weight is 423 g/mol. The topological polar surface area (TPSA) is 33.1 Å². The van der Waals surface area contributed by atoms with Gasteiger partial charge in [-0.15, -0.1) is 0 Å². The van der Waals surface area contributed by atoms with Crippen molar-refractivity contribution in [3.63, 3.8) is 0 Å². The van der Waals surface area contributed by atoms with Crippen molar-refractivity contribution in [2.75, 3.05) is 6.54 Å². The summed E-state index contributed by atoms with van der Waals surface area (Å²) in [4.78, 5) is 6.90. The summed E-state index contributed by atoms with van der Waals surface area (Å²) in [5.74, 6) is 0.237. The number of benzene rings is 1. The van der Waals surface area contributed by atoms with E-state index < -0.39 is 0 Å². The monoisotopic (exact) mass is 422 g/mol. The third-order valence-corrected chi connectivity index (χ3v) is 5.99. The van der Waals surface area contributed by atoms with Crippen LogP contribution in [0.2, 0.25) is 0 Å². The normalized spacial score (nSPS) is 18.9. The summed E-state index contributed by atoms with van der Waals surface area (Å²) in [5.41, 5.74) is 5.38. The first-order valence-electron chi connectivity index (χ1n) is 10.3. The maximum Gasteiger partial charge on any atom is 0.170 e. The van der Waals surface area contributed by atoms with Crippen molar-refractivity contribution < 1.29 is 4.39 Å². The maximum atomic E-state index is 13.5. The Morgan fingerprint density at radius 2 is 1.87 bits per heavy atom. The zero-order chi connectivity index (χ0) is 21.4. The molecule has 6 heteroatoms. The number of aromatic nitrogens is 2. The van der Waals surface area contributed by atoms with E-state index >= 15 is 0 Å². The van der Waals surface area contributed by atoms with Crippen molar-refractivity contribution in [2.24, 2.45) is 5.92 Å². The number of hydrogen-bond acceptors (Lipinski definition) is 2. The standard InChI is InChI=1S/C24H27FN4S/c1-15(2)14-28-23(22(27-24(28)30)21-7-5-6-12-26-21)20-13-16(3)29(17(20)4)19-10-8-18(25)9-11-19/h5-13,15,22-23H,14H2,1-4H3,(H,27,30). The molecule has 2 atom stereocenters. The molecule has 2 aromatic heterocycles. The molecule has 4 rings (SSSR count). The molecular formula is C24H27FN4S. The van der Waals surface area contributed by atoms with E-state index in [4.69, 9.17) is 12.2 Å². The van der Waals surface area contributed by atoms with E-state index in [1.54, 1.807) is 0 Å². The molecule has 3 aromatic rings. The summed E-state index contributed by atoms with van der Waals surface area (Å²) in [6.07, 6.45) is 1.82. The highest BCUT2D eigenvalue weighted by atomic mass is 32.1. The van der Waals surface area contributed by atoms with Gasteiger partial charge in [0.25, 0.3) is 0 Å². The molecule has 156 valence electrons. The van der Waals surface area contributed by atoms with Crippen LogP contribution in [0.4, 0.5) is 4.39 Å². The number of nitrogens with zero attached hydrogens (tertiary/aromatic N) is 3. The van der Waals surface area contributed by atoms with Crippen LogP contribution >= 0.6 is 12.2 Å². The largest absolute Gasteiger partial charge is 0.352 e. The van der Waals surface area contributed by atoms with Crippen LogP contribution in [0.15, 0.2) is 54.7 Å². The lowest BCUT2D eigenvalue weighted by Gasteiger charge is -2.29. The molecule has 1 fully saturated rings. The van der Waals surface area contributed by atoms with Gasteiger partial charge in [-0.05, 0) is 80.0 Å². The lowest BCUT2D eigenvalue weighted by molar-refractivity contribution is 0.287. The third-order valence-electron chi connectivity index (χ3n) is 5.63. The highest BCUT2D eigenvalue weighted by molar-refractivity contribution is 7.80. The minimum atomic E-state index is -0.231. The van der Waals surface area contributed by atoms with Crippen LogP contribution in [0.25, 0.3) is 5.69 Å². The smallest absolute Gasteiger partial charge is 0.170 e. The zero-order valence-electron chi connectivity index (χ0n) is 17.8. The Balaban J connectivity index is 1.83. The molecule has 1 aliphatic rings. The van der Waals surface area contributed by atoms with Crippen LogP contribution in [-0.2, 0) is 0 Å². The van der Waals surface area contributed by atoms with E-state index in [-0.39, 0.29) is 17.9 Å². The molecule has 0 bridgehead atoms. The van der Waals surface area contributed by atoms with Gasteiger partial charge in [0.15, 0.2) is 5.11 Å². The van der Waals surface area contributed by atoms with E-state index in [2.05, 4.69) is 53.5 Å². The number of nitrogens with one attached hydrogen (secondary N) is 1. The summed E-state index contributed by atoms with van der Waals surface area (Å²) in [5, 5.41) is 4.27. The molecular weight excluding hydrogens is 395 g/mol. The molecule has 1 saturated heterocycles. The fraction of sp³-hybridized carbons (Fsp3) is 0.333. The van der Waals surface area contributed by atoms with Crippen LogP contribution < -0.4 is 5.32 Å². The highest BCUT2D eigenvalue weighted by Crippen LogP contribution is 2.41. The van der Waals surface area contributed by atoms with E-state index in [1.165, 1.54) is 17.7 Å². The van der Waals surface area contributed by atoms with Gasteiger partial charge in [-0.3, -0.25) is 4.98 Å². The van der Waals surface area contributed by atoms with Gasteiger partial charge in [-0.2, -0.15) is 0 Å². The minimum absolute atomic E-state index is 0.0281. The van der Waals surface area contributed by atoms with Crippen molar-refractivity contribution in [1.29, 1.82) is 0 Å². The summed E-state index contributed by atoms with van der Waals surface area (Å²) in [6.45, 7) is 9.48. The molecule has 2 unspecified atom stereocenters. The van der Waals surface area contributed by atoms with Crippen LogP contribution in [0.1, 0.15) is 48.6 Å². The SMILES string of the molecule is Cc1cc(C2C(c3ccccn3)NC(=S)N2CC(C)C)c(C)n1-c1ccc(F)cc1. The number of thiocarbonyl (C=S) groups is 1. The second-order valence-electron chi connectivity index (χ2n) is 8.31. The summed E-state index contributed by atoms with van der Waals surface area (Å²) in [7, 11) is 0. The molecule has 30 heavy (non-hydrogen) atoms. The fourth-order valence-corrected chi connectivity index (χ4v) is 4.72. The van der Waals surface area contributed by atoms with Gasteiger partial charge in [-0.1, -0.05) is 19.9 Å². The fourth-order valence-electron chi connectivity index (χ4n) is 4.41. The number of hydrogen-bond donors (Lipinski definition) is 1. The summed E-state index contributed by atoms with van der Waals surface area (Å²) in [6, 6.07) is 14.9. The number of halogens is 1. The lowest BCUT2D eigenvalue weighted by atomic mass is 9.96. The Morgan fingerprint density at radius 1 is 1.13 bits per heavy atom. The molecule has 0 amide bonds. The van der Waals surface area contributed by atoms with E-state index in [0.29, 0.717) is 5.92 Å². The Bertz CT molecular complexity index is 1040. The molecule has 0 saturated carbocycles. The van der Waals surface area contributed by atoms with E-state index in [0.717, 1.165) is 34.4 Å². The summed E-state index contributed by atoms with van der Waals surface area (Å²) < 4.78 is 15.6. The number of rotatable bonds is 5. The third kappa shape index (κ3) is 3.72. The predicted molar refractivity (Wildman–Crippen MR) is 122 cm³/mol. The molecule has 1 aromatic carbocycles. The first-order valence-corrected chi connectivity index (χ1v) is 10.7. The molecule has 0 radical (unpaired) electrons. The van der Waals surface area contributed by atoms with Gasteiger partial charge in [0, 0.05) is 29.8 Å². The Labute approximate surface area is 182 Å². The lowest BCUT2D eigenvalue weighted by Crippen LogP contribution is -2.33. The Kier molecular flexibility index (Phi) is 5.60. The average Bonchev–Trinajstić information content (AvgIpc) is 3.19. The summed E-state index contributed by atoms with van der Waals surface area (Å²) >= 11 is 5.74. The van der Waals surface area contributed by atoms with Crippen LogP contribution in [0.5, 0.6) is 0 Å². The maximum absolute atomic E-state index is 13.5. The van der Waals surface area contributed by atoms with Gasteiger partial charge in [0.2, 0.25) is 0 Å². The first-order chi connectivity index (χ1) is 14.4. The van der Waals surface area contributed by atoms with E-state index in [9.17, 15) is 4.39 Å². The van der Waals surface area contributed by atoms with Gasteiger partial charge in [0.05, 0.1) is 17.8 Å².